The van der Waals surface area contributed by atoms with Crippen molar-refractivity contribution in [1.82, 2.24) is 19.4 Å². The Morgan fingerprint density at radius 3 is 2.85 bits per heavy atom. The third kappa shape index (κ3) is 4.90. The molecule has 1 aliphatic heterocycles. The summed E-state index contributed by atoms with van der Waals surface area (Å²) in [4.78, 5) is 23.2. The third-order valence-electron chi connectivity index (χ3n) is 4.62. The normalized spacial score (nSPS) is 15.5. The minimum absolute atomic E-state index is 0.0563. The molecule has 3 rings (SSSR count). The van der Waals surface area contributed by atoms with Crippen LogP contribution in [0, 0.1) is 6.92 Å². The van der Waals surface area contributed by atoms with Crippen molar-refractivity contribution in [3.05, 3.63) is 34.3 Å². The fourth-order valence-electron chi connectivity index (χ4n) is 3.25. The number of nitrogens with zero attached hydrogens (tertiary/aromatic N) is 4. The van der Waals surface area contributed by atoms with Gasteiger partial charge in [0.25, 0.3) is 0 Å². The summed E-state index contributed by atoms with van der Waals surface area (Å²) in [6, 6.07) is 0. The molecule has 0 unspecified atom stereocenters. The van der Waals surface area contributed by atoms with Crippen molar-refractivity contribution in [2.24, 2.45) is 0 Å². The predicted octanol–water partition coefficient (Wildman–Crippen LogP) is 2.07. The van der Waals surface area contributed by atoms with Gasteiger partial charge in [0.1, 0.15) is 12.4 Å². The second kappa shape index (κ2) is 9.25. The predicted molar refractivity (Wildman–Crippen MR) is 99.4 cm³/mol. The highest BCUT2D eigenvalue weighted by atomic mass is 32.1. The lowest BCUT2D eigenvalue weighted by molar-refractivity contribution is -0.137. The maximum absolute atomic E-state index is 12.2. The van der Waals surface area contributed by atoms with Gasteiger partial charge >= 0.3 is 0 Å². The summed E-state index contributed by atoms with van der Waals surface area (Å²) < 4.78 is 12.4. The zero-order valence-electron chi connectivity index (χ0n) is 15.4. The van der Waals surface area contributed by atoms with Crippen molar-refractivity contribution in [3.8, 4) is 0 Å². The van der Waals surface area contributed by atoms with E-state index in [0.717, 1.165) is 49.0 Å². The molecule has 1 aliphatic rings. The SMILES string of the molecule is COCCOCC(=O)N1CCC(c2nccn2Cc2csc(C)n2)CC1. The Bertz CT molecular complexity index is 707. The molecule has 0 saturated carbocycles. The summed E-state index contributed by atoms with van der Waals surface area (Å²) in [6.07, 6.45) is 5.73. The van der Waals surface area contributed by atoms with Gasteiger partial charge in [-0.25, -0.2) is 9.97 Å². The first-order valence-corrected chi connectivity index (χ1v) is 9.82. The number of carbonyl (C=O) groups excluding carboxylic acids is 1. The van der Waals surface area contributed by atoms with E-state index in [4.69, 9.17) is 9.47 Å². The smallest absolute Gasteiger partial charge is 0.248 e. The monoisotopic (exact) mass is 378 g/mol. The minimum Gasteiger partial charge on any atom is -0.382 e. The van der Waals surface area contributed by atoms with Crippen molar-refractivity contribution in [2.75, 3.05) is 40.0 Å². The van der Waals surface area contributed by atoms with E-state index < -0.39 is 0 Å². The molecule has 142 valence electrons. The van der Waals surface area contributed by atoms with Crippen LogP contribution in [0.4, 0.5) is 0 Å². The van der Waals surface area contributed by atoms with Crippen LogP contribution in [-0.2, 0) is 20.8 Å². The number of likely N-dealkylation sites (tertiary alicyclic amines) is 1. The van der Waals surface area contributed by atoms with E-state index in [-0.39, 0.29) is 12.5 Å². The van der Waals surface area contributed by atoms with Gasteiger partial charge in [-0.2, -0.15) is 0 Å². The first-order valence-electron chi connectivity index (χ1n) is 8.94. The molecule has 0 atom stereocenters. The highest BCUT2D eigenvalue weighted by molar-refractivity contribution is 7.09. The number of carbonyl (C=O) groups is 1. The third-order valence-corrected chi connectivity index (χ3v) is 5.44. The number of imidazole rings is 1. The number of thiazole rings is 1. The summed E-state index contributed by atoms with van der Waals surface area (Å²) in [6.45, 7) is 5.37. The molecule has 0 bridgehead atoms. The zero-order chi connectivity index (χ0) is 18.4. The van der Waals surface area contributed by atoms with E-state index >= 15 is 0 Å². The molecule has 0 aromatic carbocycles. The van der Waals surface area contributed by atoms with E-state index in [2.05, 4.69) is 19.9 Å². The number of ether oxygens (including phenoxy) is 2. The zero-order valence-corrected chi connectivity index (χ0v) is 16.2. The maximum Gasteiger partial charge on any atom is 0.248 e. The van der Waals surface area contributed by atoms with Crippen molar-refractivity contribution in [1.29, 1.82) is 0 Å². The summed E-state index contributed by atoms with van der Waals surface area (Å²) in [5, 5.41) is 3.19. The average Bonchev–Trinajstić information content (AvgIpc) is 3.28. The average molecular weight is 378 g/mol. The van der Waals surface area contributed by atoms with Crippen molar-refractivity contribution in [3.63, 3.8) is 0 Å². The first kappa shape index (κ1) is 19.0. The quantitative estimate of drug-likeness (QED) is 0.658. The Balaban J connectivity index is 1.51. The highest BCUT2D eigenvalue weighted by Gasteiger charge is 2.26. The number of aromatic nitrogens is 3. The Morgan fingerprint density at radius 1 is 1.35 bits per heavy atom. The van der Waals surface area contributed by atoms with Gasteiger partial charge in [-0.1, -0.05) is 0 Å². The minimum atomic E-state index is 0.0563. The van der Waals surface area contributed by atoms with Crippen molar-refractivity contribution < 1.29 is 14.3 Å². The summed E-state index contributed by atoms with van der Waals surface area (Å²) in [5.74, 6) is 1.53. The molecule has 26 heavy (non-hydrogen) atoms. The summed E-state index contributed by atoms with van der Waals surface area (Å²) in [5.41, 5.74) is 1.08. The van der Waals surface area contributed by atoms with Gasteiger partial charge in [-0.05, 0) is 19.8 Å². The van der Waals surface area contributed by atoms with Crippen LogP contribution in [-0.4, -0.2) is 65.4 Å². The molecule has 3 heterocycles. The Labute approximate surface area is 158 Å². The van der Waals surface area contributed by atoms with Crippen molar-refractivity contribution in [2.45, 2.75) is 32.2 Å². The van der Waals surface area contributed by atoms with Crippen LogP contribution in [0.25, 0.3) is 0 Å². The van der Waals surface area contributed by atoms with Gasteiger partial charge in [0.2, 0.25) is 5.91 Å². The van der Waals surface area contributed by atoms with Crippen LogP contribution in [0.2, 0.25) is 0 Å². The van der Waals surface area contributed by atoms with Crippen LogP contribution in [0.15, 0.2) is 17.8 Å². The van der Waals surface area contributed by atoms with Gasteiger partial charge in [-0.3, -0.25) is 4.79 Å². The number of piperidine rings is 1. The molecule has 0 N–H and O–H groups in total. The number of aryl methyl sites for hydroxylation is 1. The molecular weight excluding hydrogens is 352 g/mol. The number of hydrogen-bond acceptors (Lipinski definition) is 6. The molecule has 2 aromatic rings. The van der Waals surface area contributed by atoms with E-state index in [0.29, 0.717) is 19.1 Å². The van der Waals surface area contributed by atoms with Crippen LogP contribution in [0.1, 0.15) is 35.3 Å². The van der Waals surface area contributed by atoms with Gasteiger partial charge in [0.15, 0.2) is 0 Å². The number of rotatable bonds is 8. The molecule has 7 nitrogen and oxygen atoms in total. The Morgan fingerprint density at radius 2 is 2.15 bits per heavy atom. The molecule has 1 amide bonds. The fraction of sp³-hybridized carbons (Fsp3) is 0.611. The summed E-state index contributed by atoms with van der Waals surface area (Å²) in [7, 11) is 1.62. The number of amides is 1. The molecule has 8 heteroatoms. The van der Waals surface area contributed by atoms with Gasteiger partial charge in [0.05, 0.1) is 30.5 Å². The lowest BCUT2D eigenvalue weighted by atomic mass is 9.96. The molecular formula is C18H26N4O3S. The van der Waals surface area contributed by atoms with E-state index in [1.54, 1.807) is 18.4 Å². The standard InChI is InChI=1S/C18H26N4O3S/c1-14-20-16(13-26-14)11-22-8-5-19-18(22)15-3-6-21(7-4-15)17(23)12-25-10-9-24-2/h5,8,13,15H,3-4,6-7,9-12H2,1-2H3. The maximum atomic E-state index is 12.2. The highest BCUT2D eigenvalue weighted by Crippen LogP contribution is 2.27. The van der Waals surface area contributed by atoms with Gasteiger partial charge in [-0.15, -0.1) is 11.3 Å². The number of hydrogen-bond donors (Lipinski definition) is 0. The van der Waals surface area contributed by atoms with Crippen LogP contribution >= 0.6 is 11.3 Å². The van der Waals surface area contributed by atoms with Gasteiger partial charge < -0.3 is 18.9 Å². The first-order chi connectivity index (χ1) is 12.7. The molecule has 0 spiro atoms. The molecule has 0 radical (unpaired) electrons. The lowest BCUT2D eigenvalue weighted by Crippen LogP contribution is -2.40. The topological polar surface area (TPSA) is 69.5 Å². The van der Waals surface area contributed by atoms with Crippen molar-refractivity contribution >= 4 is 17.2 Å². The number of methoxy groups -OCH3 is 1. The van der Waals surface area contributed by atoms with Crippen LogP contribution in [0.5, 0.6) is 0 Å². The van der Waals surface area contributed by atoms with E-state index in [1.165, 1.54) is 0 Å². The molecule has 2 aromatic heterocycles. The molecule has 0 aliphatic carbocycles. The molecule has 1 saturated heterocycles. The second-order valence-corrected chi connectivity index (χ2v) is 7.53. The van der Waals surface area contributed by atoms with E-state index in [1.807, 2.05) is 24.2 Å². The van der Waals surface area contributed by atoms with Crippen LogP contribution in [0.3, 0.4) is 0 Å². The van der Waals surface area contributed by atoms with Crippen LogP contribution < -0.4 is 0 Å². The van der Waals surface area contributed by atoms with Gasteiger partial charge in [0, 0.05) is 43.9 Å². The largest absolute Gasteiger partial charge is 0.382 e. The fourth-order valence-corrected chi connectivity index (χ4v) is 3.85. The second-order valence-electron chi connectivity index (χ2n) is 6.47. The van der Waals surface area contributed by atoms with E-state index in [9.17, 15) is 4.79 Å². The Kier molecular flexibility index (Phi) is 6.76. The molecule has 1 fully saturated rings. The lowest BCUT2D eigenvalue weighted by Gasteiger charge is -2.32. The summed E-state index contributed by atoms with van der Waals surface area (Å²) >= 11 is 1.67. The Hall–Kier alpha value is -1.77.